The van der Waals surface area contributed by atoms with Crippen molar-refractivity contribution in [2.24, 2.45) is 0 Å². The lowest BCUT2D eigenvalue weighted by Gasteiger charge is -2.29. The molecule has 2 unspecified atom stereocenters. The Hall–Kier alpha value is -0.400. The molecule has 110 valence electrons. The summed E-state index contributed by atoms with van der Waals surface area (Å²) in [5.74, 6) is -0.500. The molecule has 6 heteroatoms. The molecule has 1 amide bonds. The molecule has 3 rings (SSSR count). The van der Waals surface area contributed by atoms with E-state index in [4.69, 9.17) is 0 Å². The van der Waals surface area contributed by atoms with Crippen molar-refractivity contribution in [1.29, 1.82) is 0 Å². The van der Waals surface area contributed by atoms with Crippen LogP contribution in [0.5, 0.6) is 0 Å². The zero-order valence-corrected chi connectivity index (χ0v) is 13.8. The molecule has 0 radical (unpaired) electrons. The van der Waals surface area contributed by atoms with Crippen molar-refractivity contribution in [2.45, 2.75) is 43.8 Å². The molecule has 2 atom stereocenters. The van der Waals surface area contributed by atoms with E-state index in [1.54, 1.807) is 12.1 Å². The zero-order valence-electron chi connectivity index (χ0n) is 10.9. The molecule has 2 heterocycles. The number of carbonyl (C=O) groups excluding carboxylic acids is 1. The third kappa shape index (κ3) is 3.43. The summed E-state index contributed by atoms with van der Waals surface area (Å²) in [6.07, 6.45) is 4.37. The quantitative estimate of drug-likeness (QED) is 0.736. The number of hydrogen-bond donors (Lipinski definition) is 2. The van der Waals surface area contributed by atoms with Crippen LogP contribution in [0, 0.1) is 9.39 Å². The van der Waals surface area contributed by atoms with E-state index in [-0.39, 0.29) is 30.2 Å². The van der Waals surface area contributed by atoms with E-state index in [0.717, 1.165) is 12.8 Å². The lowest BCUT2D eigenvalue weighted by Crippen LogP contribution is -2.48. The van der Waals surface area contributed by atoms with Gasteiger partial charge >= 0.3 is 0 Å². The number of amides is 1. The van der Waals surface area contributed by atoms with E-state index < -0.39 is 0 Å². The molecule has 2 fully saturated rings. The summed E-state index contributed by atoms with van der Waals surface area (Å²) >= 11 is 1.92. The van der Waals surface area contributed by atoms with Crippen molar-refractivity contribution in [3.05, 3.63) is 33.1 Å². The van der Waals surface area contributed by atoms with Gasteiger partial charge in [-0.1, -0.05) is 0 Å². The molecule has 1 aromatic rings. The Morgan fingerprint density at radius 3 is 2.55 bits per heavy atom. The lowest BCUT2D eigenvalue weighted by atomic mass is 9.99. The molecule has 2 bridgehead atoms. The van der Waals surface area contributed by atoms with Crippen LogP contribution in [0.15, 0.2) is 18.2 Å². The third-order valence-corrected chi connectivity index (χ3v) is 4.86. The molecule has 2 aliphatic heterocycles. The maximum absolute atomic E-state index is 13.5. The number of benzene rings is 1. The van der Waals surface area contributed by atoms with Crippen molar-refractivity contribution in [2.75, 3.05) is 0 Å². The van der Waals surface area contributed by atoms with Crippen LogP contribution in [-0.2, 0) is 0 Å². The second-order valence-electron chi connectivity index (χ2n) is 5.41. The van der Waals surface area contributed by atoms with Crippen LogP contribution < -0.4 is 10.6 Å². The summed E-state index contributed by atoms with van der Waals surface area (Å²) in [7, 11) is 0. The highest BCUT2D eigenvalue weighted by Gasteiger charge is 2.34. The zero-order chi connectivity index (χ0) is 13.4. The normalized spacial score (nSPS) is 27.8. The van der Waals surface area contributed by atoms with Gasteiger partial charge in [0, 0.05) is 27.3 Å². The average Bonchev–Trinajstić information content (AvgIpc) is 2.72. The Balaban J connectivity index is 0.00000147. The van der Waals surface area contributed by atoms with E-state index >= 15 is 0 Å². The summed E-state index contributed by atoms with van der Waals surface area (Å²) in [4.78, 5) is 12.1. The van der Waals surface area contributed by atoms with Gasteiger partial charge in [0.15, 0.2) is 0 Å². The predicted molar refractivity (Wildman–Crippen MR) is 86.8 cm³/mol. The SMILES string of the molecule is Cl.O=C(NC1CC2CCC(C1)N2)c1ccc(I)c(F)c1. The highest BCUT2D eigenvalue weighted by atomic mass is 127. The number of fused-ring (bicyclic) bond motifs is 2. The van der Waals surface area contributed by atoms with E-state index in [1.165, 1.54) is 18.9 Å². The van der Waals surface area contributed by atoms with Gasteiger partial charge in [0.25, 0.3) is 5.91 Å². The monoisotopic (exact) mass is 410 g/mol. The van der Waals surface area contributed by atoms with Crippen LogP contribution in [0.2, 0.25) is 0 Å². The molecule has 3 nitrogen and oxygen atoms in total. The minimum atomic E-state index is -0.335. The van der Waals surface area contributed by atoms with Crippen LogP contribution in [0.1, 0.15) is 36.0 Å². The first kappa shape index (κ1) is 16.0. The van der Waals surface area contributed by atoms with Crippen LogP contribution >= 0.6 is 35.0 Å². The van der Waals surface area contributed by atoms with E-state index in [9.17, 15) is 9.18 Å². The number of rotatable bonds is 2. The second-order valence-corrected chi connectivity index (χ2v) is 6.57. The molecule has 1 aromatic carbocycles. The molecule has 2 saturated heterocycles. The fraction of sp³-hybridized carbons (Fsp3) is 0.500. The first-order chi connectivity index (χ1) is 9.11. The summed E-state index contributed by atoms with van der Waals surface area (Å²) in [5.41, 5.74) is 0.406. The van der Waals surface area contributed by atoms with Crippen molar-refractivity contribution in [3.63, 3.8) is 0 Å². The molecular weight excluding hydrogens is 394 g/mol. The van der Waals surface area contributed by atoms with Gasteiger partial charge in [-0.05, 0) is 66.5 Å². The Bertz CT molecular complexity index is 502. The molecule has 0 aromatic heterocycles. The number of piperidine rings is 1. The Morgan fingerprint density at radius 1 is 1.30 bits per heavy atom. The minimum absolute atomic E-state index is 0. The van der Waals surface area contributed by atoms with Crippen LogP contribution in [0.3, 0.4) is 0 Å². The highest BCUT2D eigenvalue weighted by Crippen LogP contribution is 2.27. The summed E-state index contributed by atoms with van der Waals surface area (Å²) < 4.78 is 14.0. The van der Waals surface area contributed by atoms with E-state index in [1.807, 2.05) is 22.6 Å². The summed E-state index contributed by atoms with van der Waals surface area (Å²) in [6, 6.07) is 5.92. The molecule has 0 saturated carbocycles. The predicted octanol–water partition coefficient (Wildman–Crippen LogP) is 2.86. The van der Waals surface area contributed by atoms with E-state index in [2.05, 4.69) is 10.6 Å². The Labute approximate surface area is 137 Å². The first-order valence-corrected chi connectivity index (χ1v) is 7.71. The Morgan fingerprint density at radius 2 is 1.95 bits per heavy atom. The fourth-order valence-electron chi connectivity index (χ4n) is 3.08. The van der Waals surface area contributed by atoms with Crippen LogP contribution in [-0.4, -0.2) is 24.0 Å². The van der Waals surface area contributed by atoms with Gasteiger partial charge < -0.3 is 10.6 Å². The summed E-state index contributed by atoms with van der Waals surface area (Å²) in [5, 5.41) is 6.57. The van der Waals surface area contributed by atoms with Crippen LogP contribution in [0.25, 0.3) is 0 Å². The minimum Gasteiger partial charge on any atom is -0.349 e. The van der Waals surface area contributed by atoms with Gasteiger partial charge in [0.2, 0.25) is 0 Å². The van der Waals surface area contributed by atoms with Crippen molar-refractivity contribution < 1.29 is 9.18 Å². The molecule has 0 spiro atoms. The smallest absolute Gasteiger partial charge is 0.251 e. The first-order valence-electron chi connectivity index (χ1n) is 6.64. The Kier molecular flexibility index (Phi) is 5.25. The fourth-order valence-corrected chi connectivity index (χ4v) is 3.42. The third-order valence-electron chi connectivity index (χ3n) is 3.99. The number of halogens is 3. The molecular formula is C14H17ClFIN2O. The van der Waals surface area contributed by atoms with E-state index in [0.29, 0.717) is 21.2 Å². The number of nitrogens with one attached hydrogen (secondary N) is 2. The number of carbonyl (C=O) groups is 1. The van der Waals surface area contributed by atoms with Gasteiger partial charge in [-0.3, -0.25) is 4.79 Å². The molecule has 20 heavy (non-hydrogen) atoms. The van der Waals surface area contributed by atoms with Crippen molar-refractivity contribution >= 4 is 40.9 Å². The maximum Gasteiger partial charge on any atom is 0.251 e. The largest absolute Gasteiger partial charge is 0.349 e. The van der Waals surface area contributed by atoms with Crippen molar-refractivity contribution in [1.82, 2.24) is 10.6 Å². The molecule has 2 N–H and O–H groups in total. The van der Waals surface area contributed by atoms with Gasteiger partial charge in [-0.2, -0.15) is 0 Å². The second kappa shape index (κ2) is 6.58. The van der Waals surface area contributed by atoms with Gasteiger partial charge in [0.1, 0.15) is 5.82 Å². The highest BCUT2D eigenvalue weighted by molar-refractivity contribution is 14.1. The summed E-state index contributed by atoms with van der Waals surface area (Å²) in [6.45, 7) is 0. The van der Waals surface area contributed by atoms with Gasteiger partial charge in [0.05, 0.1) is 0 Å². The van der Waals surface area contributed by atoms with Gasteiger partial charge in [-0.25, -0.2) is 4.39 Å². The average molecular weight is 411 g/mol. The molecule has 0 aliphatic carbocycles. The topological polar surface area (TPSA) is 41.1 Å². The van der Waals surface area contributed by atoms with Gasteiger partial charge in [-0.15, -0.1) is 12.4 Å². The standard InChI is InChI=1S/C14H16FIN2O.ClH/c15-12-5-8(1-4-13(12)16)14(19)18-11-6-9-2-3-10(7-11)17-9;/h1,4-5,9-11,17H,2-3,6-7H2,(H,18,19);1H. The number of hydrogen-bond acceptors (Lipinski definition) is 2. The maximum atomic E-state index is 13.5. The molecule has 2 aliphatic rings. The van der Waals surface area contributed by atoms with Crippen molar-refractivity contribution in [3.8, 4) is 0 Å². The lowest BCUT2D eigenvalue weighted by molar-refractivity contribution is 0.0923. The van der Waals surface area contributed by atoms with Crippen LogP contribution in [0.4, 0.5) is 4.39 Å².